The number of nitrogens with zero attached hydrogens (tertiary/aromatic N) is 3. The fourth-order valence-electron chi connectivity index (χ4n) is 3.09. The van der Waals surface area contributed by atoms with Gasteiger partial charge in [0.1, 0.15) is 6.61 Å². The van der Waals surface area contributed by atoms with Crippen LogP contribution in [-0.2, 0) is 14.3 Å². The first kappa shape index (κ1) is 17.5. The maximum Gasteiger partial charge on any atom is 0.338 e. The van der Waals surface area contributed by atoms with Gasteiger partial charge in [-0.15, -0.1) is 0 Å². The summed E-state index contributed by atoms with van der Waals surface area (Å²) < 4.78 is 5.24. The molecule has 1 aliphatic rings. The molecule has 0 aromatic heterocycles. The largest absolute Gasteiger partial charge is 0.479 e. The Morgan fingerprint density at radius 3 is 2.19 bits per heavy atom. The fraction of sp³-hybridized carbons (Fsp3) is 0.222. The van der Waals surface area contributed by atoms with E-state index >= 15 is 0 Å². The van der Waals surface area contributed by atoms with Crippen LogP contribution < -0.4 is 5.73 Å². The standard InChI is InChI=1S/C18H16N4O4/c19-18(16(23)24,10-21-22-20)17(25)26-9-15-13-7-3-1-5-11(13)12-6-2-4-8-14(12)15/h1-8,15H,9-10,19H2,(H,23,24). The molecule has 0 heterocycles. The fourth-order valence-corrected chi connectivity index (χ4v) is 3.09. The molecule has 0 spiro atoms. The minimum atomic E-state index is -2.41. The molecule has 132 valence electrons. The van der Waals surface area contributed by atoms with Crippen molar-refractivity contribution in [1.29, 1.82) is 0 Å². The molecule has 0 bridgehead atoms. The van der Waals surface area contributed by atoms with Gasteiger partial charge >= 0.3 is 11.9 Å². The molecule has 0 saturated carbocycles. The average molecular weight is 352 g/mol. The number of carbonyl (C=O) groups excluding carboxylic acids is 1. The van der Waals surface area contributed by atoms with Crippen LogP contribution in [-0.4, -0.2) is 35.7 Å². The van der Waals surface area contributed by atoms with E-state index in [1.54, 1.807) is 0 Å². The second-order valence-corrected chi connectivity index (χ2v) is 5.99. The van der Waals surface area contributed by atoms with Gasteiger partial charge in [-0.2, -0.15) is 0 Å². The van der Waals surface area contributed by atoms with Crippen LogP contribution in [0.25, 0.3) is 21.6 Å². The third kappa shape index (κ3) is 2.88. The monoisotopic (exact) mass is 352 g/mol. The molecule has 2 aromatic rings. The first-order chi connectivity index (χ1) is 12.5. The van der Waals surface area contributed by atoms with Crippen LogP contribution in [0.1, 0.15) is 17.0 Å². The number of ether oxygens (including phenoxy) is 1. The highest BCUT2D eigenvalue weighted by Gasteiger charge is 2.44. The number of azide groups is 1. The van der Waals surface area contributed by atoms with Crippen LogP contribution >= 0.6 is 0 Å². The van der Waals surface area contributed by atoms with Gasteiger partial charge in [-0.05, 0) is 27.8 Å². The second-order valence-electron chi connectivity index (χ2n) is 5.99. The first-order valence-corrected chi connectivity index (χ1v) is 7.87. The lowest BCUT2D eigenvalue weighted by molar-refractivity contribution is -0.160. The SMILES string of the molecule is [N-]=[N+]=NCC(N)(C(=O)O)C(=O)OCC1c2ccccc2-c2ccccc21. The molecule has 8 heteroatoms. The van der Waals surface area contributed by atoms with E-state index in [4.69, 9.17) is 16.0 Å². The lowest BCUT2D eigenvalue weighted by Gasteiger charge is -2.22. The Labute approximate surface area is 148 Å². The van der Waals surface area contributed by atoms with E-state index in [1.165, 1.54) is 0 Å². The van der Waals surface area contributed by atoms with Crippen LogP contribution in [0.2, 0.25) is 0 Å². The van der Waals surface area contributed by atoms with E-state index in [0.717, 1.165) is 22.3 Å². The molecule has 3 rings (SSSR count). The van der Waals surface area contributed by atoms with Gasteiger partial charge in [0.2, 0.25) is 5.54 Å². The molecule has 0 fully saturated rings. The molecule has 0 amide bonds. The van der Waals surface area contributed by atoms with E-state index in [-0.39, 0.29) is 12.5 Å². The van der Waals surface area contributed by atoms with Crippen molar-refractivity contribution in [3.8, 4) is 11.1 Å². The maximum atomic E-state index is 12.3. The zero-order valence-electron chi connectivity index (χ0n) is 13.7. The number of hydrogen-bond acceptors (Lipinski definition) is 5. The summed E-state index contributed by atoms with van der Waals surface area (Å²) in [5.41, 5.74) is 15.7. The summed E-state index contributed by atoms with van der Waals surface area (Å²) in [5, 5.41) is 12.3. The number of carboxylic acid groups (broad SMARTS) is 1. The van der Waals surface area contributed by atoms with Gasteiger partial charge in [-0.3, -0.25) is 0 Å². The van der Waals surface area contributed by atoms with Crippen molar-refractivity contribution in [2.75, 3.05) is 13.2 Å². The van der Waals surface area contributed by atoms with Crippen molar-refractivity contribution in [2.45, 2.75) is 11.5 Å². The minimum Gasteiger partial charge on any atom is -0.479 e. The molecule has 0 aliphatic heterocycles. The van der Waals surface area contributed by atoms with E-state index < -0.39 is 24.0 Å². The molecule has 2 aromatic carbocycles. The summed E-state index contributed by atoms with van der Waals surface area (Å²) in [6.45, 7) is -0.787. The van der Waals surface area contributed by atoms with Gasteiger partial charge in [0.15, 0.2) is 0 Å². The van der Waals surface area contributed by atoms with Crippen LogP contribution in [0.5, 0.6) is 0 Å². The number of fused-ring (bicyclic) bond motifs is 3. The number of esters is 1. The molecule has 1 atom stereocenters. The van der Waals surface area contributed by atoms with E-state index in [0.29, 0.717) is 0 Å². The van der Waals surface area contributed by atoms with Crippen molar-refractivity contribution in [1.82, 2.24) is 0 Å². The highest BCUT2D eigenvalue weighted by molar-refractivity contribution is 6.04. The number of carbonyl (C=O) groups is 2. The Bertz CT molecular complexity index is 877. The molecule has 0 saturated heterocycles. The normalized spacial score (nSPS) is 14.5. The molecular formula is C18H16N4O4. The second kappa shape index (κ2) is 6.87. The summed E-state index contributed by atoms with van der Waals surface area (Å²) in [6.07, 6.45) is 0. The van der Waals surface area contributed by atoms with Gasteiger partial charge < -0.3 is 15.6 Å². The highest BCUT2D eigenvalue weighted by atomic mass is 16.5. The van der Waals surface area contributed by atoms with Gasteiger partial charge in [0.05, 0.1) is 6.54 Å². The number of carboxylic acids is 1. The van der Waals surface area contributed by atoms with Gasteiger partial charge in [-0.25, -0.2) is 9.59 Å². The number of rotatable bonds is 6. The maximum absolute atomic E-state index is 12.3. The number of aliphatic carboxylic acids is 1. The molecule has 3 N–H and O–H groups in total. The number of nitrogens with two attached hydrogens (primary N) is 1. The Hall–Kier alpha value is -3.35. The van der Waals surface area contributed by atoms with Crippen molar-refractivity contribution in [3.05, 3.63) is 70.1 Å². The third-order valence-electron chi connectivity index (χ3n) is 4.47. The summed E-state index contributed by atoms with van der Waals surface area (Å²) in [4.78, 5) is 26.1. The summed E-state index contributed by atoms with van der Waals surface area (Å²) >= 11 is 0. The number of benzene rings is 2. The molecule has 1 unspecified atom stereocenters. The summed E-state index contributed by atoms with van der Waals surface area (Å²) in [7, 11) is 0. The predicted molar refractivity (Wildman–Crippen MR) is 93.2 cm³/mol. The molecule has 1 aliphatic carbocycles. The summed E-state index contributed by atoms with van der Waals surface area (Å²) in [6, 6.07) is 15.5. The zero-order chi connectivity index (χ0) is 18.7. The smallest absolute Gasteiger partial charge is 0.338 e. The van der Waals surface area contributed by atoms with Crippen molar-refractivity contribution >= 4 is 11.9 Å². The third-order valence-corrected chi connectivity index (χ3v) is 4.47. The van der Waals surface area contributed by atoms with Gasteiger partial charge in [0, 0.05) is 10.8 Å². The van der Waals surface area contributed by atoms with Crippen molar-refractivity contribution in [3.63, 3.8) is 0 Å². The topological polar surface area (TPSA) is 138 Å². The van der Waals surface area contributed by atoms with E-state index in [1.807, 2.05) is 48.5 Å². The van der Waals surface area contributed by atoms with Crippen LogP contribution in [0.15, 0.2) is 53.6 Å². The zero-order valence-corrected chi connectivity index (χ0v) is 13.7. The van der Waals surface area contributed by atoms with Crippen molar-refractivity contribution in [2.24, 2.45) is 10.8 Å². The van der Waals surface area contributed by atoms with Crippen LogP contribution in [0.3, 0.4) is 0 Å². The Balaban J connectivity index is 1.84. The number of hydrogen-bond donors (Lipinski definition) is 2. The lowest BCUT2D eigenvalue weighted by Crippen LogP contribution is -2.58. The first-order valence-electron chi connectivity index (χ1n) is 7.87. The van der Waals surface area contributed by atoms with Crippen molar-refractivity contribution < 1.29 is 19.4 Å². The average Bonchev–Trinajstić information content (AvgIpc) is 2.98. The minimum absolute atomic E-state index is 0.0602. The summed E-state index contributed by atoms with van der Waals surface area (Å²) in [5.74, 6) is -2.97. The molecule has 0 radical (unpaired) electrons. The molecule has 8 nitrogen and oxygen atoms in total. The Morgan fingerprint density at radius 1 is 1.15 bits per heavy atom. The van der Waals surface area contributed by atoms with Crippen LogP contribution in [0, 0.1) is 0 Å². The molecular weight excluding hydrogens is 336 g/mol. The van der Waals surface area contributed by atoms with Gasteiger partial charge in [-0.1, -0.05) is 53.6 Å². The molecule has 26 heavy (non-hydrogen) atoms. The highest BCUT2D eigenvalue weighted by Crippen LogP contribution is 2.44. The van der Waals surface area contributed by atoms with Crippen LogP contribution in [0.4, 0.5) is 0 Å². The van der Waals surface area contributed by atoms with Gasteiger partial charge in [0.25, 0.3) is 0 Å². The Morgan fingerprint density at radius 2 is 1.69 bits per heavy atom. The Kier molecular flexibility index (Phi) is 4.62. The lowest BCUT2D eigenvalue weighted by atomic mass is 9.97. The quantitative estimate of drug-likeness (QED) is 0.270. The predicted octanol–water partition coefficient (Wildman–Crippen LogP) is 2.43. The van der Waals surface area contributed by atoms with E-state index in [2.05, 4.69) is 10.0 Å². The van der Waals surface area contributed by atoms with E-state index in [9.17, 15) is 14.7 Å².